The minimum atomic E-state index is -0.0661. The molecule has 1 aliphatic heterocycles. The summed E-state index contributed by atoms with van der Waals surface area (Å²) in [6, 6.07) is 13.0. The Kier molecular flexibility index (Phi) is 6.17. The summed E-state index contributed by atoms with van der Waals surface area (Å²) in [5.74, 6) is 0.0893. The Morgan fingerprint density at radius 2 is 1.85 bits per heavy atom. The molecule has 2 aromatic carbocycles. The number of halogens is 2. The maximum absolute atomic E-state index is 12.1. The Labute approximate surface area is 163 Å². The molecule has 6 heteroatoms. The zero-order chi connectivity index (χ0) is 18.5. The van der Waals surface area contributed by atoms with E-state index in [1.165, 1.54) is 0 Å². The Morgan fingerprint density at radius 3 is 2.54 bits per heavy atom. The van der Waals surface area contributed by atoms with Crippen molar-refractivity contribution in [3.63, 3.8) is 0 Å². The molecule has 0 unspecified atom stereocenters. The first kappa shape index (κ1) is 18.7. The number of nitrogens with one attached hydrogen (secondary N) is 1. The van der Waals surface area contributed by atoms with Crippen molar-refractivity contribution in [1.29, 1.82) is 0 Å². The number of hydrogen-bond donors (Lipinski definition) is 1. The third-order valence-corrected chi connectivity index (χ3v) is 5.16. The highest BCUT2D eigenvalue weighted by Crippen LogP contribution is 2.25. The van der Waals surface area contributed by atoms with Gasteiger partial charge in [-0.2, -0.15) is 0 Å². The molecule has 4 nitrogen and oxygen atoms in total. The first-order valence-corrected chi connectivity index (χ1v) is 9.39. The van der Waals surface area contributed by atoms with E-state index in [9.17, 15) is 9.59 Å². The van der Waals surface area contributed by atoms with Crippen molar-refractivity contribution in [2.24, 2.45) is 0 Å². The van der Waals surface area contributed by atoms with Gasteiger partial charge >= 0.3 is 0 Å². The number of nitrogens with zero attached hydrogens (tertiary/aromatic N) is 1. The summed E-state index contributed by atoms with van der Waals surface area (Å²) in [4.78, 5) is 25.8. The summed E-state index contributed by atoms with van der Waals surface area (Å²) >= 11 is 12.3. The number of benzene rings is 2. The molecule has 0 atom stereocenters. The SMILES string of the molecule is O=C(CCc1c(Cl)cccc1Cl)NCc1cccc(N2CCCC2=O)c1. The first-order valence-electron chi connectivity index (χ1n) is 8.63. The first-order chi connectivity index (χ1) is 12.5. The van der Waals surface area contributed by atoms with Crippen LogP contribution >= 0.6 is 23.2 Å². The van der Waals surface area contributed by atoms with Crippen LogP contribution in [0.25, 0.3) is 0 Å². The number of carbonyl (C=O) groups is 2. The maximum Gasteiger partial charge on any atom is 0.227 e. The Hall–Kier alpha value is -2.04. The standard InChI is InChI=1S/C20H20Cl2N2O2/c21-17-6-2-7-18(22)16(17)9-10-19(25)23-13-14-4-1-5-15(12-14)24-11-3-8-20(24)26/h1-2,4-7,12H,3,8-11,13H2,(H,23,25). The third kappa shape index (κ3) is 4.57. The molecule has 2 amide bonds. The zero-order valence-corrected chi connectivity index (χ0v) is 15.8. The van der Waals surface area contributed by atoms with E-state index in [0.29, 0.717) is 35.9 Å². The number of hydrogen-bond acceptors (Lipinski definition) is 2. The number of amides is 2. The topological polar surface area (TPSA) is 49.4 Å². The summed E-state index contributed by atoms with van der Waals surface area (Å²) in [5.41, 5.74) is 2.65. The van der Waals surface area contributed by atoms with Crippen molar-refractivity contribution in [1.82, 2.24) is 5.32 Å². The number of rotatable bonds is 6. The lowest BCUT2D eigenvalue weighted by molar-refractivity contribution is -0.121. The smallest absolute Gasteiger partial charge is 0.227 e. The van der Waals surface area contributed by atoms with Gasteiger partial charge in [-0.1, -0.05) is 41.4 Å². The van der Waals surface area contributed by atoms with Gasteiger partial charge in [0.25, 0.3) is 0 Å². The fourth-order valence-electron chi connectivity index (χ4n) is 3.05. The second-order valence-corrected chi connectivity index (χ2v) is 7.11. The van der Waals surface area contributed by atoms with Crippen molar-refractivity contribution in [2.45, 2.75) is 32.2 Å². The molecule has 0 aromatic heterocycles. The molecule has 26 heavy (non-hydrogen) atoms. The molecule has 1 aliphatic rings. The zero-order valence-electron chi connectivity index (χ0n) is 14.3. The minimum Gasteiger partial charge on any atom is -0.352 e. The van der Waals surface area contributed by atoms with Gasteiger partial charge in [0.15, 0.2) is 0 Å². The molecule has 0 bridgehead atoms. The molecule has 0 aliphatic carbocycles. The summed E-state index contributed by atoms with van der Waals surface area (Å²) in [5, 5.41) is 4.06. The number of carbonyl (C=O) groups excluding carboxylic acids is 2. The lowest BCUT2D eigenvalue weighted by atomic mass is 10.1. The van der Waals surface area contributed by atoms with E-state index in [2.05, 4.69) is 5.32 Å². The van der Waals surface area contributed by atoms with Crippen LogP contribution in [0.1, 0.15) is 30.4 Å². The van der Waals surface area contributed by atoms with Gasteiger partial charge in [0.2, 0.25) is 11.8 Å². The average molecular weight is 391 g/mol. The van der Waals surface area contributed by atoms with E-state index in [0.717, 1.165) is 29.8 Å². The highest BCUT2D eigenvalue weighted by molar-refractivity contribution is 6.36. The van der Waals surface area contributed by atoms with Gasteiger partial charge in [-0.3, -0.25) is 9.59 Å². The van der Waals surface area contributed by atoms with Crippen LogP contribution in [0.15, 0.2) is 42.5 Å². The van der Waals surface area contributed by atoms with E-state index in [4.69, 9.17) is 23.2 Å². The van der Waals surface area contributed by atoms with Gasteiger partial charge in [-0.05, 0) is 48.2 Å². The van der Waals surface area contributed by atoms with E-state index < -0.39 is 0 Å². The molecular weight excluding hydrogens is 371 g/mol. The fourth-order valence-corrected chi connectivity index (χ4v) is 3.64. The Bertz CT molecular complexity index is 803. The van der Waals surface area contributed by atoms with Crippen LogP contribution in [0.5, 0.6) is 0 Å². The molecule has 1 N–H and O–H groups in total. The molecule has 0 radical (unpaired) electrons. The van der Waals surface area contributed by atoms with Crippen LogP contribution in [-0.2, 0) is 22.6 Å². The van der Waals surface area contributed by atoms with Gasteiger partial charge < -0.3 is 10.2 Å². The predicted octanol–water partition coefficient (Wildman–Crippen LogP) is 4.37. The van der Waals surface area contributed by atoms with Gasteiger partial charge in [-0.15, -0.1) is 0 Å². The van der Waals surface area contributed by atoms with Crippen molar-refractivity contribution in [3.8, 4) is 0 Å². The lowest BCUT2D eigenvalue weighted by Crippen LogP contribution is -2.25. The van der Waals surface area contributed by atoms with E-state index in [1.54, 1.807) is 23.1 Å². The second kappa shape index (κ2) is 8.56. The van der Waals surface area contributed by atoms with Crippen LogP contribution in [0.2, 0.25) is 10.0 Å². The van der Waals surface area contributed by atoms with E-state index in [1.807, 2.05) is 24.3 Å². The van der Waals surface area contributed by atoms with E-state index in [-0.39, 0.29) is 11.8 Å². The van der Waals surface area contributed by atoms with Crippen molar-refractivity contribution in [2.75, 3.05) is 11.4 Å². The van der Waals surface area contributed by atoms with E-state index >= 15 is 0 Å². The molecule has 2 aromatic rings. The van der Waals surface area contributed by atoms with Gasteiger partial charge in [0.05, 0.1) is 0 Å². The molecule has 0 spiro atoms. The third-order valence-electron chi connectivity index (χ3n) is 4.45. The molecule has 1 heterocycles. The summed E-state index contributed by atoms with van der Waals surface area (Å²) < 4.78 is 0. The van der Waals surface area contributed by atoms with Crippen LogP contribution < -0.4 is 10.2 Å². The maximum atomic E-state index is 12.1. The van der Waals surface area contributed by atoms with Gasteiger partial charge in [0, 0.05) is 41.7 Å². The largest absolute Gasteiger partial charge is 0.352 e. The fraction of sp³-hybridized carbons (Fsp3) is 0.300. The highest BCUT2D eigenvalue weighted by Gasteiger charge is 2.21. The van der Waals surface area contributed by atoms with Gasteiger partial charge in [-0.25, -0.2) is 0 Å². The second-order valence-electron chi connectivity index (χ2n) is 6.30. The highest BCUT2D eigenvalue weighted by atomic mass is 35.5. The lowest BCUT2D eigenvalue weighted by Gasteiger charge is -2.16. The van der Waals surface area contributed by atoms with Crippen molar-refractivity contribution in [3.05, 3.63) is 63.6 Å². The van der Waals surface area contributed by atoms with Crippen LogP contribution in [-0.4, -0.2) is 18.4 Å². The molecule has 136 valence electrons. The van der Waals surface area contributed by atoms with Gasteiger partial charge in [0.1, 0.15) is 0 Å². The van der Waals surface area contributed by atoms with Crippen LogP contribution in [0.3, 0.4) is 0 Å². The summed E-state index contributed by atoms with van der Waals surface area (Å²) in [6.45, 7) is 1.18. The monoisotopic (exact) mass is 390 g/mol. The van der Waals surface area contributed by atoms with Crippen LogP contribution in [0.4, 0.5) is 5.69 Å². The normalized spacial score (nSPS) is 13.9. The Morgan fingerprint density at radius 1 is 1.12 bits per heavy atom. The molecule has 1 fully saturated rings. The molecular formula is C20H20Cl2N2O2. The summed E-state index contributed by atoms with van der Waals surface area (Å²) in [6.07, 6.45) is 2.30. The van der Waals surface area contributed by atoms with Crippen molar-refractivity contribution < 1.29 is 9.59 Å². The molecule has 3 rings (SSSR count). The quantitative estimate of drug-likeness (QED) is 0.795. The minimum absolute atomic E-state index is 0.0661. The number of anilines is 1. The predicted molar refractivity (Wildman–Crippen MR) is 105 cm³/mol. The Balaban J connectivity index is 1.54. The molecule has 1 saturated heterocycles. The van der Waals surface area contributed by atoms with Crippen molar-refractivity contribution >= 4 is 40.7 Å². The van der Waals surface area contributed by atoms with Crippen LogP contribution in [0, 0.1) is 0 Å². The average Bonchev–Trinajstić information content (AvgIpc) is 3.06. The molecule has 0 saturated carbocycles. The summed E-state index contributed by atoms with van der Waals surface area (Å²) in [7, 11) is 0.